The Labute approximate surface area is 182 Å². The number of ether oxygens (including phenoxy) is 1. The van der Waals surface area contributed by atoms with Gasteiger partial charge in [-0.1, -0.05) is 17.4 Å². The molecule has 1 aliphatic heterocycles. The van der Waals surface area contributed by atoms with Crippen LogP contribution in [0.2, 0.25) is 0 Å². The van der Waals surface area contributed by atoms with E-state index in [0.29, 0.717) is 41.9 Å². The third kappa shape index (κ3) is 3.45. The SMILES string of the molecule is Cc1nc(N)nc(N2CCOc3ccc(-c4cnc5sc(N)nc5c4)cc3C2)c1C#N. The molecule has 4 heterocycles. The Bertz CT molecular complexity index is 1360. The van der Waals surface area contributed by atoms with Crippen LogP contribution in [0.3, 0.4) is 0 Å². The number of nitrogens with two attached hydrogens (primary N) is 2. The number of aryl methyl sites for hydroxylation is 1. The number of benzene rings is 1. The van der Waals surface area contributed by atoms with Gasteiger partial charge >= 0.3 is 0 Å². The van der Waals surface area contributed by atoms with Gasteiger partial charge in [-0.15, -0.1) is 0 Å². The van der Waals surface area contributed by atoms with Crippen molar-refractivity contribution in [1.29, 1.82) is 5.26 Å². The van der Waals surface area contributed by atoms with Gasteiger partial charge in [-0.25, -0.2) is 15.0 Å². The summed E-state index contributed by atoms with van der Waals surface area (Å²) in [6.45, 7) is 3.31. The van der Waals surface area contributed by atoms with Gasteiger partial charge in [0.05, 0.1) is 12.2 Å². The lowest BCUT2D eigenvalue weighted by Crippen LogP contribution is -2.28. The molecule has 9 nitrogen and oxygen atoms in total. The van der Waals surface area contributed by atoms with Crippen LogP contribution in [0.15, 0.2) is 30.5 Å². The van der Waals surface area contributed by atoms with Crippen molar-refractivity contribution >= 4 is 38.6 Å². The van der Waals surface area contributed by atoms with Crippen LogP contribution >= 0.6 is 11.3 Å². The van der Waals surface area contributed by atoms with Gasteiger partial charge in [0, 0.05) is 23.9 Å². The first-order valence-corrected chi connectivity index (χ1v) is 10.4. The highest BCUT2D eigenvalue weighted by molar-refractivity contribution is 7.21. The largest absolute Gasteiger partial charge is 0.491 e. The van der Waals surface area contributed by atoms with Gasteiger partial charge in [-0.3, -0.25) is 0 Å². The van der Waals surface area contributed by atoms with Crippen molar-refractivity contribution in [3.8, 4) is 22.9 Å². The molecule has 0 aliphatic carbocycles. The van der Waals surface area contributed by atoms with E-state index in [0.717, 1.165) is 32.8 Å². The zero-order valence-corrected chi connectivity index (χ0v) is 17.5. The van der Waals surface area contributed by atoms with Crippen LogP contribution in [0.4, 0.5) is 16.9 Å². The molecule has 0 amide bonds. The fourth-order valence-electron chi connectivity index (χ4n) is 3.69. The van der Waals surface area contributed by atoms with Crippen molar-refractivity contribution in [2.75, 3.05) is 29.5 Å². The summed E-state index contributed by atoms with van der Waals surface area (Å²) in [5, 5.41) is 10.1. The highest BCUT2D eigenvalue weighted by atomic mass is 32.1. The molecule has 5 rings (SSSR count). The lowest BCUT2D eigenvalue weighted by Gasteiger charge is -2.22. The number of hydrogen-bond acceptors (Lipinski definition) is 10. The average molecular weight is 430 g/mol. The summed E-state index contributed by atoms with van der Waals surface area (Å²) in [4.78, 5) is 20.1. The van der Waals surface area contributed by atoms with Crippen LogP contribution < -0.4 is 21.1 Å². The number of hydrogen-bond donors (Lipinski definition) is 2. The van der Waals surface area contributed by atoms with E-state index in [2.05, 4.69) is 32.1 Å². The quantitative estimate of drug-likeness (QED) is 0.491. The van der Waals surface area contributed by atoms with E-state index in [1.54, 1.807) is 6.92 Å². The van der Waals surface area contributed by atoms with Crippen molar-refractivity contribution < 1.29 is 4.74 Å². The summed E-state index contributed by atoms with van der Waals surface area (Å²) in [6, 6.07) is 10.2. The van der Waals surface area contributed by atoms with E-state index in [-0.39, 0.29) is 5.95 Å². The van der Waals surface area contributed by atoms with Crippen LogP contribution in [0.5, 0.6) is 5.75 Å². The molecule has 0 saturated heterocycles. The molecule has 4 aromatic rings. The van der Waals surface area contributed by atoms with Gasteiger partial charge in [0.1, 0.15) is 34.3 Å². The first kappa shape index (κ1) is 19.0. The van der Waals surface area contributed by atoms with Gasteiger partial charge in [0.25, 0.3) is 0 Å². The number of nitrogen functional groups attached to an aromatic ring is 2. The van der Waals surface area contributed by atoms with Crippen LogP contribution in [-0.4, -0.2) is 33.1 Å². The molecule has 0 fully saturated rings. The molecule has 0 bridgehead atoms. The molecular formula is C21H18N8OS. The van der Waals surface area contributed by atoms with Gasteiger partial charge < -0.3 is 21.1 Å². The lowest BCUT2D eigenvalue weighted by atomic mass is 10.0. The van der Waals surface area contributed by atoms with Crippen LogP contribution in [0.25, 0.3) is 21.5 Å². The van der Waals surface area contributed by atoms with E-state index >= 15 is 0 Å². The Morgan fingerprint density at radius 2 is 2.03 bits per heavy atom. The maximum atomic E-state index is 9.62. The standard InChI is InChI=1S/C21H18N8OS/c1-11-15(8-22)18(28-20(23)26-11)29-4-5-30-17-3-2-12(6-14(17)10-29)13-7-16-19(25-9-13)31-21(24)27-16/h2-3,6-7,9H,4-5,10H2,1H3,(H2,24,27)(H2,23,26,28). The van der Waals surface area contributed by atoms with Crippen molar-refractivity contribution in [3.05, 3.63) is 47.3 Å². The third-order valence-corrected chi connectivity index (χ3v) is 5.95. The first-order chi connectivity index (χ1) is 15.0. The van der Waals surface area contributed by atoms with Crippen LogP contribution in [0, 0.1) is 18.3 Å². The zero-order valence-electron chi connectivity index (χ0n) is 16.7. The number of fused-ring (bicyclic) bond motifs is 2. The summed E-state index contributed by atoms with van der Waals surface area (Å²) < 4.78 is 5.96. The lowest BCUT2D eigenvalue weighted by molar-refractivity contribution is 0.331. The number of aromatic nitrogens is 4. The number of nitrogens with zero attached hydrogens (tertiary/aromatic N) is 6. The maximum absolute atomic E-state index is 9.62. The number of nitriles is 1. The predicted octanol–water partition coefficient (Wildman–Crippen LogP) is 2.89. The van der Waals surface area contributed by atoms with E-state index in [1.807, 2.05) is 29.3 Å². The highest BCUT2D eigenvalue weighted by Gasteiger charge is 2.22. The molecule has 0 unspecified atom stereocenters. The number of pyridine rings is 1. The summed E-state index contributed by atoms with van der Waals surface area (Å²) >= 11 is 1.37. The molecule has 3 aromatic heterocycles. The second-order valence-corrected chi connectivity index (χ2v) is 8.18. The monoisotopic (exact) mass is 430 g/mol. The van der Waals surface area contributed by atoms with Crippen LogP contribution in [0.1, 0.15) is 16.8 Å². The average Bonchev–Trinajstić information content (AvgIpc) is 2.98. The van der Waals surface area contributed by atoms with Crippen molar-refractivity contribution in [2.24, 2.45) is 0 Å². The molecule has 10 heteroatoms. The van der Waals surface area contributed by atoms with Gasteiger partial charge in [-0.05, 0) is 30.7 Å². The molecule has 0 radical (unpaired) electrons. The fraction of sp³-hybridized carbons (Fsp3) is 0.190. The van der Waals surface area contributed by atoms with E-state index in [1.165, 1.54) is 11.3 Å². The van der Waals surface area contributed by atoms with Crippen LogP contribution in [-0.2, 0) is 6.54 Å². The minimum absolute atomic E-state index is 0.146. The van der Waals surface area contributed by atoms with Crippen molar-refractivity contribution in [2.45, 2.75) is 13.5 Å². The van der Waals surface area contributed by atoms with E-state index < -0.39 is 0 Å². The Kier molecular flexibility index (Phi) is 4.52. The Morgan fingerprint density at radius 1 is 1.16 bits per heavy atom. The fourth-order valence-corrected chi connectivity index (χ4v) is 4.35. The topological polar surface area (TPSA) is 140 Å². The molecule has 0 atom stereocenters. The number of anilines is 3. The van der Waals surface area contributed by atoms with Crippen molar-refractivity contribution in [3.63, 3.8) is 0 Å². The molecule has 154 valence electrons. The Hall–Kier alpha value is -3.97. The Morgan fingerprint density at radius 3 is 2.87 bits per heavy atom. The first-order valence-electron chi connectivity index (χ1n) is 9.59. The molecule has 4 N–H and O–H groups in total. The van der Waals surface area contributed by atoms with Gasteiger partial charge in [0.2, 0.25) is 5.95 Å². The zero-order chi connectivity index (χ0) is 21.5. The highest BCUT2D eigenvalue weighted by Crippen LogP contribution is 2.33. The molecule has 31 heavy (non-hydrogen) atoms. The maximum Gasteiger partial charge on any atom is 0.222 e. The second kappa shape index (κ2) is 7.37. The molecule has 0 saturated carbocycles. The van der Waals surface area contributed by atoms with Crippen molar-refractivity contribution in [1.82, 2.24) is 19.9 Å². The minimum atomic E-state index is 0.146. The summed E-state index contributed by atoms with van der Waals surface area (Å²) in [6.07, 6.45) is 1.82. The molecule has 1 aromatic carbocycles. The Balaban J connectivity index is 1.54. The normalized spacial score (nSPS) is 13.4. The van der Waals surface area contributed by atoms with Gasteiger partial charge in [-0.2, -0.15) is 10.2 Å². The summed E-state index contributed by atoms with van der Waals surface area (Å²) in [7, 11) is 0. The van der Waals surface area contributed by atoms with Gasteiger partial charge in [0.15, 0.2) is 10.9 Å². The second-order valence-electron chi connectivity index (χ2n) is 7.17. The molecular weight excluding hydrogens is 412 g/mol. The summed E-state index contributed by atoms with van der Waals surface area (Å²) in [5.74, 6) is 1.47. The molecule has 0 spiro atoms. The third-order valence-electron chi connectivity index (χ3n) is 5.14. The number of rotatable bonds is 2. The van der Waals surface area contributed by atoms with E-state index in [4.69, 9.17) is 16.2 Å². The smallest absolute Gasteiger partial charge is 0.222 e. The number of thiazole rings is 1. The predicted molar refractivity (Wildman–Crippen MR) is 120 cm³/mol. The van der Waals surface area contributed by atoms with E-state index in [9.17, 15) is 5.26 Å². The summed E-state index contributed by atoms with van der Waals surface area (Å²) in [5.41, 5.74) is 16.3. The minimum Gasteiger partial charge on any atom is -0.491 e. The molecule has 1 aliphatic rings.